The number of hydrogen-bond acceptors (Lipinski definition) is 11. The molecule has 0 fully saturated rings. The highest BCUT2D eigenvalue weighted by Gasteiger charge is 2.29. The van der Waals surface area contributed by atoms with Crippen molar-refractivity contribution < 1.29 is 60.0 Å². The van der Waals surface area contributed by atoms with Crippen LogP contribution in [0.1, 0.15) is 17.4 Å². The van der Waals surface area contributed by atoms with Gasteiger partial charge in [0.1, 0.15) is 35.6 Å². The topological polar surface area (TPSA) is 177 Å². The zero-order valence-corrected chi connectivity index (χ0v) is 21.2. The van der Waals surface area contributed by atoms with Gasteiger partial charge >= 0.3 is 12.4 Å². The van der Waals surface area contributed by atoms with Gasteiger partial charge in [0.25, 0.3) is 0 Å². The fraction of sp³-hybridized carbons (Fsp3) is 0.240. The second-order valence-electron chi connectivity index (χ2n) is 8.29. The van der Waals surface area contributed by atoms with Crippen LogP contribution in [0.3, 0.4) is 0 Å². The van der Waals surface area contributed by atoms with E-state index in [1.165, 1.54) is 0 Å². The fourth-order valence-electron chi connectivity index (χ4n) is 3.47. The number of carbonyl (C=O) groups is 2. The average molecular weight is 600 g/mol. The Morgan fingerprint density at radius 2 is 1.62 bits per heavy atom. The van der Waals surface area contributed by atoms with Crippen molar-refractivity contribution in [2.75, 3.05) is 19.5 Å². The number of ether oxygens (including phenoxy) is 2. The predicted octanol–water partition coefficient (Wildman–Crippen LogP) is 2.19. The summed E-state index contributed by atoms with van der Waals surface area (Å²) in [6.45, 7) is 0.529. The van der Waals surface area contributed by atoms with Crippen LogP contribution >= 0.6 is 0 Å². The summed E-state index contributed by atoms with van der Waals surface area (Å²) in [5, 5.41) is 17.6. The van der Waals surface area contributed by atoms with E-state index in [0.29, 0.717) is 12.5 Å². The quantitative estimate of drug-likeness (QED) is 0.341. The Balaban J connectivity index is 0.000000289. The van der Waals surface area contributed by atoms with Crippen molar-refractivity contribution >= 4 is 29.0 Å². The number of nitrogens with zero attached hydrogens (tertiary/aromatic N) is 3. The van der Waals surface area contributed by atoms with E-state index in [1.54, 1.807) is 13.3 Å². The molecule has 2 aromatic heterocycles. The first-order valence-electron chi connectivity index (χ1n) is 11.4. The minimum atomic E-state index is -5.19. The normalized spacial score (nSPS) is 14.3. The highest BCUT2D eigenvalue weighted by atomic mass is 19.4. The molecule has 0 radical (unpaired) electrons. The Morgan fingerprint density at radius 3 is 2.19 bits per heavy atom. The van der Waals surface area contributed by atoms with E-state index < -0.39 is 24.3 Å². The van der Waals surface area contributed by atoms with Gasteiger partial charge in [0.05, 0.1) is 18.7 Å². The number of halogens is 6. The lowest BCUT2D eigenvalue weighted by atomic mass is 9.96. The molecule has 2 aromatic carbocycles. The van der Waals surface area contributed by atoms with Crippen LogP contribution in [0.5, 0.6) is 11.5 Å². The molecule has 224 valence electrons. The van der Waals surface area contributed by atoms with Gasteiger partial charge in [0.2, 0.25) is 11.8 Å². The highest BCUT2D eigenvalue weighted by Crippen LogP contribution is 2.35. The minimum absolute atomic E-state index is 0.0464. The molecule has 1 unspecified atom stereocenters. The largest absolute Gasteiger partial charge is 0.542 e. The van der Waals surface area contributed by atoms with Crippen molar-refractivity contribution in [3.63, 3.8) is 0 Å². The first-order chi connectivity index (χ1) is 19.6. The molecule has 11 nitrogen and oxygen atoms in total. The standard InChI is InChI=1S/C21H18N4O3.2C2HF3O2/c1-26-15-3-5-18-13(9-15)8-14(11-27-18)20-24-17-10-12(2-4-19(17)28-20)16-6-7-23-21(22)25-16;2*3-2(4,5)1(6)7/h2-7,9-10,14H,8,11H2,1H3,(H2,22,23,25);2*(H,6,7)/p-2. The van der Waals surface area contributed by atoms with Crippen molar-refractivity contribution in [1.82, 2.24) is 15.0 Å². The van der Waals surface area contributed by atoms with Gasteiger partial charge in [-0.2, -0.15) is 26.3 Å². The molecule has 0 saturated heterocycles. The van der Waals surface area contributed by atoms with E-state index >= 15 is 0 Å². The van der Waals surface area contributed by atoms with Crippen molar-refractivity contribution in [3.8, 4) is 22.8 Å². The lowest BCUT2D eigenvalue weighted by Crippen LogP contribution is -2.37. The Bertz CT molecular complexity index is 1550. The van der Waals surface area contributed by atoms with Gasteiger partial charge in [-0.3, -0.25) is 0 Å². The summed E-state index contributed by atoms with van der Waals surface area (Å²) in [6.07, 6.45) is -7.96. The number of carboxylic acids is 2. The van der Waals surface area contributed by atoms with E-state index in [2.05, 4.69) is 9.97 Å². The summed E-state index contributed by atoms with van der Waals surface area (Å²) in [7, 11) is 1.66. The molecule has 0 aliphatic carbocycles. The maximum absolute atomic E-state index is 10.5. The molecule has 1 aliphatic rings. The van der Waals surface area contributed by atoms with Crippen LogP contribution in [0.2, 0.25) is 0 Å². The molecule has 0 amide bonds. The summed E-state index contributed by atoms with van der Waals surface area (Å²) >= 11 is 0. The summed E-state index contributed by atoms with van der Waals surface area (Å²) in [5.74, 6) is -3.36. The third-order valence-corrected chi connectivity index (χ3v) is 5.36. The molecule has 5 rings (SSSR count). The molecule has 17 heteroatoms. The summed E-state index contributed by atoms with van der Waals surface area (Å²) < 4.78 is 80.3. The molecule has 42 heavy (non-hydrogen) atoms. The Kier molecular flexibility index (Phi) is 9.44. The van der Waals surface area contributed by atoms with Crippen LogP contribution in [0.25, 0.3) is 22.4 Å². The molecular formula is C25H18F6N4O7-2. The number of methoxy groups -OCH3 is 1. The van der Waals surface area contributed by atoms with E-state index in [9.17, 15) is 26.3 Å². The summed E-state index contributed by atoms with van der Waals surface area (Å²) in [6, 6.07) is 13.5. The van der Waals surface area contributed by atoms with Crippen LogP contribution in [0.4, 0.5) is 32.3 Å². The number of benzene rings is 2. The van der Waals surface area contributed by atoms with Gasteiger partial charge < -0.3 is 39.4 Å². The average Bonchev–Trinajstić information content (AvgIpc) is 3.35. The maximum Gasteiger partial charge on any atom is 0.430 e. The number of hydrogen-bond donors (Lipinski definition) is 1. The molecule has 3 heterocycles. The number of fused-ring (bicyclic) bond motifs is 2. The van der Waals surface area contributed by atoms with Gasteiger partial charge in [0.15, 0.2) is 5.58 Å². The zero-order chi connectivity index (χ0) is 31.2. The number of carbonyl (C=O) groups excluding carboxylic acids is 2. The molecule has 4 aromatic rings. The molecule has 1 aliphatic heterocycles. The first-order valence-corrected chi connectivity index (χ1v) is 11.4. The number of rotatable bonds is 3. The number of nitrogen functional groups attached to an aromatic ring is 1. The fourth-order valence-corrected chi connectivity index (χ4v) is 3.47. The highest BCUT2D eigenvalue weighted by molar-refractivity contribution is 5.79. The van der Waals surface area contributed by atoms with E-state index in [-0.39, 0.29) is 11.9 Å². The predicted molar refractivity (Wildman–Crippen MR) is 127 cm³/mol. The van der Waals surface area contributed by atoms with E-state index in [4.69, 9.17) is 44.4 Å². The van der Waals surface area contributed by atoms with Crippen LogP contribution in [-0.2, 0) is 16.0 Å². The maximum atomic E-state index is 10.5. The number of alkyl halides is 6. The molecule has 0 spiro atoms. The molecule has 0 saturated carbocycles. The first kappa shape index (κ1) is 31.4. The number of nitrogens with two attached hydrogens (primary N) is 1. The third kappa shape index (κ3) is 8.21. The van der Waals surface area contributed by atoms with Gasteiger partial charge in [-0.25, -0.2) is 15.0 Å². The number of aromatic nitrogens is 3. The van der Waals surface area contributed by atoms with Gasteiger partial charge in [-0.15, -0.1) is 0 Å². The number of oxazole rings is 1. The molecule has 0 bridgehead atoms. The van der Waals surface area contributed by atoms with Gasteiger partial charge in [0, 0.05) is 11.8 Å². The van der Waals surface area contributed by atoms with Crippen molar-refractivity contribution in [2.24, 2.45) is 0 Å². The molecule has 1 atom stereocenters. The van der Waals surface area contributed by atoms with Crippen LogP contribution in [-0.4, -0.2) is 53.0 Å². The zero-order valence-electron chi connectivity index (χ0n) is 21.2. The van der Waals surface area contributed by atoms with E-state index in [0.717, 1.165) is 45.8 Å². The van der Waals surface area contributed by atoms with Crippen LogP contribution in [0, 0.1) is 0 Å². The van der Waals surface area contributed by atoms with Gasteiger partial charge in [-0.05, 0) is 54.4 Å². The van der Waals surface area contributed by atoms with Crippen LogP contribution in [0.15, 0.2) is 53.1 Å². The van der Waals surface area contributed by atoms with Gasteiger partial charge in [-0.1, -0.05) is 0 Å². The lowest BCUT2D eigenvalue weighted by molar-refractivity contribution is -0.344. The van der Waals surface area contributed by atoms with Crippen LogP contribution < -0.4 is 25.4 Å². The van der Waals surface area contributed by atoms with Crippen molar-refractivity contribution in [3.05, 3.63) is 60.1 Å². The third-order valence-electron chi connectivity index (χ3n) is 5.36. The number of anilines is 1. The second-order valence-corrected chi connectivity index (χ2v) is 8.29. The molecular weight excluding hydrogens is 582 g/mol. The Hall–Kier alpha value is -5.09. The number of aliphatic carboxylic acids is 2. The lowest BCUT2D eigenvalue weighted by Gasteiger charge is -2.23. The Morgan fingerprint density at radius 1 is 0.976 bits per heavy atom. The van der Waals surface area contributed by atoms with E-state index in [1.807, 2.05) is 42.5 Å². The SMILES string of the molecule is COc1ccc2c(c1)CC(c1nc3cc(-c4ccnc(N)n4)ccc3o1)CO2.O=C([O-])C(F)(F)F.O=C([O-])C(F)(F)F. The van der Waals surface area contributed by atoms with Crippen molar-refractivity contribution in [1.29, 1.82) is 0 Å². The van der Waals surface area contributed by atoms with Crippen molar-refractivity contribution in [2.45, 2.75) is 24.7 Å². The molecule has 2 N–H and O–H groups in total. The number of carboxylic acid groups (broad SMARTS) is 2. The Labute approximate surface area is 231 Å². The monoisotopic (exact) mass is 600 g/mol. The smallest absolute Gasteiger partial charge is 0.430 e. The summed E-state index contributed by atoms with van der Waals surface area (Å²) in [4.78, 5) is 30.5. The second kappa shape index (κ2) is 12.6. The minimum Gasteiger partial charge on any atom is -0.542 e. The summed E-state index contributed by atoms with van der Waals surface area (Å²) in [5.41, 5.74) is 9.96.